The molecule has 0 atom stereocenters. The van der Waals surface area contributed by atoms with Crippen molar-refractivity contribution in [2.24, 2.45) is 4.99 Å². The molecule has 2 aliphatic rings. The van der Waals surface area contributed by atoms with Gasteiger partial charge < -0.3 is 9.32 Å². The Kier molecular flexibility index (Phi) is 5.64. The van der Waals surface area contributed by atoms with Crippen LogP contribution in [-0.4, -0.2) is 34.2 Å². The molecular weight excluding hydrogens is 422 g/mol. The third-order valence-corrected chi connectivity index (χ3v) is 6.40. The highest BCUT2D eigenvalue weighted by atomic mass is 32.2. The number of carbonyl (C=O) groups is 2. The van der Waals surface area contributed by atoms with E-state index in [0.717, 1.165) is 6.42 Å². The lowest BCUT2D eigenvalue weighted by Crippen LogP contribution is -2.38. The van der Waals surface area contributed by atoms with E-state index < -0.39 is 0 Å². The van der Waals surface area contributed by atoms with Crippen LogP contribution in [0.2, 0.25) is 0 Å². The molecule has 5 rings (SSSR count). The summed E-state index contributed by atoms with van der Waals surface area (Å²) >= 11 is 1.28. The van der Waals surface area contributed by atoms with Gasteiger partial charge in [0.25, 0.3) is 5.91 Å². The number of amides is 2. The number of hydrogen-bond donors (Lipinski definition) is 0. The van der Waals surface area contributed by atoms with E-state index in [4.69, 9.17) is 4.42 Å². The zero-order valence-electron chi connectivity index (χ0n) is 17.3. The first-order valence-corrected chi connectivity index (χ1v) is 11.4. The number of furan rings is 1. The van der Waals surface area contributed by atoms with Crippen LogP contribution in [0.1, 0.15) is 16.9 Å². The molecule has 1 aromatic heterocycles. The van der Waals surface area contributed by atoms with Gasteiger partial charge in [-0.05, 0) is 41.8 Å². The molecule has 0 N–H and O–H groups in total. The Hall–Kier alpha value is -3.58. The van der Waals surface area contributed by atoms with Crippen LogP contribution in [0.15, 0.2) is 88.1 Å². The number of carbonyl (C=O) groups excluding carboxylic acids is 2. The van der Waals surface area contributed by atoms with Gasteiger partial charge in [0.15, 0.2) is 5.17 Å². The fraction of sp³-hybridized carbons (Fsp3) is 0.160. The van der Waals surface area contributed by atoms with Crippen molar-refractivity contribution in [1.82, 2.24) is 4.90 Å². The molecule has 32 heavy (non-hydrogen) atoms. The summed E-state index contributed by atoms with van der Waals surface area (Å²) in [5.41, 5.74) is 3.49. The number of rotatable bonds is 4. The number of amidine groups is 1. The zero-order chi connectivity index (χ0) is 21.9. The molecule has 0 radical (unpaired) electrons. The van der Waals surface area contributed by atoms with E-state index in [0.29, 0.717) is 29.7 Å². The van der Waals surface area contributed by atoms with Crippen LogP contribution < -0.4 is 4.90 Å². The summed E-state index contributed by atoms with van der Waals surface area (Å²) in [6.07, 6.45) is 4.03. The number of hydrogen-bond acceptors (Lipinski definition) is 5. The van der Waals surface area contributed by atoms with Gasteiger partial charge in [-0.25, -0.2) is 4.99 Å². The van der Waals surface area contributed by atoms with Crippen molar-refractivity contribution in [2.45, 2.75) is 13.0 Å². The molecule has 0 aliphatic carbocycles. The Balaban J connectivity index is 1.34. The predicted molar refractivity (Wildman–Crippen MR) is 126 cm³/mol. The molecule has 0 saturated heterocycles. The van der Waals surface area contributed by atoms with Crippen LogP contribution in [0.5, 0.6) is 0 Å². The van der Waals surface area contributed by atoms with Gasteiger partial charge in [-0.15, -0.1) is 0 Å². The molecule has 2 aliphatic heterocycles. The minimum absolute atomic E-state index is 0.0381. The second-order valence-electron chi connectivity index (χ2n) is 7.54. The van der Waals surface area contributed by atoms with Crippen LogP contribution in [0.25, 0.3) is 6.08 Å². The molecule has 160 valence electrons. The first-order valence-electron chi connectivity index (χ1n) is 10.4. The van der Waals surface area contributed by atoms with Crippen molar-refractivity contribution in [2.75, 3.05) is 17.2 Å². The number of benzene rings is 2. The highest BCUT2D eigenvalue weighted by Gasteiger charge is 2.33. The van der Waals surface area contributed by atoms with Crippen molar-refractivity contribution in [3.8, 4) is 0 Å². The lowest BCUT2D eigenvalue weighted by atomic mass is 10.00. The SMILES string of the molecule is O=C(CSC1=NC(=Cc2ccco2)C(=O)N1c1ccccc1)N1CCc2ccccc2C1. The summed E-state index contributed by atoms with van der Waals surface area (Å²) in [6, 6.07) is 21.1. The molecule has 0 fully saturated rings. The van der Waals surface area contributed by atoms with E-state index in [9.17, 15) is 9.59 Å². The van der Waals surface area contributed by atoms with Gasteiger partial charge in [0, 0.05) is 19.2 Å². The average molecular weight is 444 g/mol. The maximum Gasteiger partial charge on any atom is 0.283 e. The minimum atomic E-state index is -0.241. The summed E-state index contributed by atoms with van der Waals surface area (Å²) in [5, 5.41) is 0.491. The first-order chi connectivity index (χ1) is 15.7. The maximum atomic E-state index is 13.1. The zero-order valence-corrected chi connectivity index (χ0v) is 18.1. The molecule has 3 aromatic rings. The highest BCUT2D eigenvalue weighted by molar-refractivity contribution is 8.14. The standard InChI is InChI=1S/C25H21N3O3S/c29-23(27-13-12-18-7-4-5-8-19(18)16-27)17-32-25-26-22(15-21-11-6-14-31-21)24(30)28(25)20-9-2-1-3-10-20/h1-11,14-15H,12-13,16-17H2. The molecule has 0 spiro atoms. The van der Waals surface area contributed by atoms with E-state index in [1.165, 1.54) is 22.9 Å². The van der Waals surface area contributed by atoms with E-state index in [2.05, 4.69) is 17.1 Å². The molecule has 6 nitrogen and oxygen atoms in total. The molecule has 0 saturated carbocycles. The van der Waals surface area contributed by atoms with Gasteiger partial charge in [0.2, 0.25) is 5.91 Å². The van der Waals surface area contributed by atoms with E-state index in [-0.39, 0.29) is 23.3 Å². The lowest BCUT2D eigenvalue weighted by molar-refractivity contribution is -0.129. The van der Waals surface area contributed by atoms with Crippen LogP contribution in [-0.2, 0) is 22.6 Å². The number of aliphatic imine (C=N–C) groups is 1. The smallest absolute Gasteiger partial charge is 0.283 e. The van der Waals surface area contributed by atoms with Crippen LogP contribution in [0.4, 0.5) is 5.69 Å². The Labute approximate surface area is 190 Å². The number of nitrogens with zero attached hydrogens (tertiary/aromatic N) is 3. The molecule has 2 aromatic carbocycles. The quantitative estimate of drug-likeness (QED) is 0.563. The largest absolute Gasteiger partial charge is 0.465 e. The summed E-state index contributed by atoms with van der Waals surface area (Å²) in [7, 11) is 0. The van der Waals surface area contributed by atoms with Gasteiger partial charge in [-0.1, -0.05) is 54.2 Å². The van der Waals surface area contributed by atoms with Crippen molar-refractivity contribution < 1.29 is 14.0 Å². The third kappa shape index (κ3) is 4.11. The molecule has 0 bridgehead atoms. The maximum absolute atomic E-state index is 13.1. The number of thioether (sulfide) groups is 1. The van der Waals surface area contributed by atoms with Gasteiger partial charge >= 0.3 is 0 Å². The van der Waals surface area contributed by atoms with E-state index >= 15 is 0 Å². The molecule has 0 unspecified atom stereocenters. The van der Waals surface area contributed by atoms with Gasteiger partial charge in [-0.3, -0.25) is 14.5 Å². The van der Waals surface area contributed by atoms with Crippen molar-refractivity contribution in [3.63, 3.8) is 0 Å². The molecule has 2 amide bonds. The van der Waals surface area contributed by atoms with Crippen LogP contribution in [0.3, 0.4) is 0 Å². The van der Waals surface area contributed by atoms with Gasteiger partial charge in [0.05, 0.1) is 17.7 Å². The summed E-state index contributed by atoms with van der Waals surface area (Å²) < 4.78 is 5.34. The lowest BCUT2D eigenvalue weighted by Gasteiger charge is -2.29. The Morgan fingerprint density at radius 3 is 2.59 bits per heavy atom. The van der Waals surface area contributed by atoms with Crippen LogP contribution >= 0.6 is 11.8 Å². The van der Waals surface area contributed by atoms with Gasteiger partial charge in [-0.2, -0.15) is 0 Å². The Bertz CT molecular complexity index is 1200. The normalized spacial score (nSPS) is 16.9. The molecular formula is C25H21N3O3S. The average Bonchev–Trinajstić information content (AvgIpc) is 3.46. The highest BCUT2D eigenvalue weighted by Crippen LogP contribution is 2.30. The van der Waals surface area contributed by atoms with Crippen molar-refractivity contribution in [1.29, 1.82) is 0 Å². The van der Waals surface area contributed by atoms with Crippen LogP contribution in [0, 0.1) is 0 Å². The van der Waals surface area contributed by atoms with Crippen molar-refractivity contribution in [3.05, 3.63) is 95.6 Å². The minimum Gasteiger partial charge on any atom is -0.465 e. The van der Waals surface area contributed by atoms with Gasteiger partial charge in [0.1, 0.15) is 11.5 Å². The van der Waals surface area contributed by atoms with Crippen molar-refractivity contribution >= 4 is 40.5 Å². The van der Waals surface area contributed by atoms with E-state index in [1.807, 2.05) is 47.4 Å². The first kappa shape index (κ1) is 20.3. The third-order valence-electron chi connectivity index (χ3n) is 5.47. The topological polar surface area (TPSA) is 66.1 Å². The predicted octanol–water partition coefficient (Wildman–Crippen LogP) is 4.34. The number of para-hydroxylation sites is 1. The van der Waals surface area contributed by atoms with E-state index in [1.54, 1.807) is 29.4 Å². The fourth-order valence-corrected chi connectivity index (χ4v) is 4.75. The monoisotopic (exact) mass is 443 g/mol. The summed E-state index contributed by atoms with van der Waals surface area (Å²) in [4.78, 5) is 34.0. The Morgan fingerprint density at radius 2 is 1.81 bits per heavy atom. The number of fused-ring (bicyclic) bond motifs is 1. The number of anilines is 1. The molecule has 7 heteroatoms. The molecule has 3 heterocycles. The summed E-state index contributed by atoms with van der Waals surface area (Å²) in [6.45, 7) is 1.32. The Morgan fingerprint density at radius 1 is 1.03 bits per heavy atom. The summed E-state index contributed by atoms with van der Waals surface area (Å²) in [5.74, 6) is 0.566. The fourth-order valence-electron chi connectivity index (χ4n) is 3.83. The second kappa shape index (κ2) is 8.88. The second-order valence-corrected chi connectivity index (χ2v) is 8.48.